The Balaban J connectivity index is 1.52. The third kappa shape index (κ3) is 4.02. The molecule has 0 radical (unpaired) electrons. The van der Waals surface area contributed by atoms with Gasteiger partial charge in [0.05, 0.1) is 6.54 Å². The van der Waals surface area contributed by atoms with Crippen molar-refractivity contribution in [3.63, 3.8) is 0 Å². The van der Waals surface area contributed by atoms with Crippen LogP contribution in [0.25, 0.3) is 0 Å². The quantitative estimate of drug-likeness (QED) is 0.810. The van der Waals surface area contributed by atoms with Gasteiger partial charge >= 0.3 is 0 Å². The zero-order valence-electron chi connectivity index (χ0n) is 14.6. The van der Waals surface area contributed by atoms with E-state index in [4.69, 9.17) is 4.74 Å². The summed E-state index contributed by atoms with van der Waals surface area (Å²) in [4.78, 5) is 26.0. The molecule has 2 amide bonds. The number of nitrogens with one attached hydrogen (secondary N) is 1. The van der Waals surface area contributed by atoms with Crippen molar-refractivity contribution in [3.05, 3.63) is 59.4 Å². The first-order chi connectivity index (χ1) is 12.6. The molecular weight excluding hydrogens is 335 g/mol. The van der Waals surface area contributed by atoms with Crippen LogP contribution in [0.4, 0.5) is 10.1 Å². The summed E-state index contributed by atoms with van der Waals surface area (Å²) in [5.74, 6) is 0.148. The van der Waals surface area contributed by atoms with Gasteiger partial charge in [0.25, 0.3) is 5.91 Å². The zero-order chi connectivity index (χ0) is 18.5. The van der Waals surface area contributed by atoms with Gasteiger partial charge in [-0.2, -0.15) is 0 Å². The van der Waals surface area contributed by atoms with Gasteiger partial charge in [-0.15, -0.1) is 0 Å². The molecule has 0 unspecified atom stereocenters. The predicted octanol–water partition coefficient (Wildman–Crippen LogP) is 2.93. The lowest BCUT2D eigenvalue weighted by atomic mass is 10.1. The molecule has 0 fully saturated rings. The van der Waals surface area contributed by atoms with E-state index < -0.39 is 0 Å². The van der Waals surface area contributed by atoms with Gasteiger partial charge in [-0.25, -0.2) is 4.39 Å². The molecular formula is C20H21FN2O3. The van der Waals surface area contributed by atoms with E-state index in [-0.39, 0.29) is 17.6 Å². The van der Waals surface area contributed by atoms with E-state index in [1.54, 1.807) is 23.1 Å². The Morgan fingerprint density at radius 2 is 1.96 bits per heavy atom. The second-order valence-electron chi connectivity index (χ2n) is 6.05. The summed E-state index contributed by atoms with van der Waals surface area (Å²) >= 11 is 0. The zero-order valence-corrected chi connectivity index (χ0v) is 14.6. The highest BCUT2D eigenvalue weighted by molar-refractivity contribution is 5.98. The number of anilines is 1. The molecule has 6 heteroatoms. The van der Waals surface area contributed by atoms with E-state index >= 15 is 0 Å². The van der Waals surface area contributed by atoms with Gasteiger partial charge in [0.1, 0.15) is 18.2 Å². The van der Waals surface area contributed by atoms with Gasteiger partial charge in [0.15, 0.2) is 0 Å². The molecule has 0 saturated carbocycles. The number of amides is 2. The van der Waals surface area contributed by atoms with Crippen molar-refractivity contribution in [2.45, 2.75) is 19.8 Å². The molecule has 1 aliphatic rings. The molecule has 0 bridgehead atoms. The minimum Gasteiger partial charge on any atom is -0.492 e. The monoisotopic (exact) mass is 356 g/mol. The Labute approximate surface area is 151 Å². The maximum atomic E-state index is 12.8. The third-order valence-electron chi connectivity index (χ3n) is 4.31. The number of hydrogen-bond donors (Lipinski definition) is 1. The lowest BCUT2D eigenvalue weighted by Crippen LogP contribution is -2.28. The molecule has 0 atom stereocenters. The predicted molar refractivity (Wildman–Crippen MR) is 97.0 cm³/mol. The fourth-order valence-corrected chi connectivity index (χ4v) is 2.96. The highest BCUT2D eigenvalue weighted by Gasteiger charge is 2.24. The molecule has 1 aliphatic heterocycles. The van der Waals surface area contributed by atoms with E-state index in [0.717, 1.165) is 17.7 Å². The molecule has 2 aromatic carbocycles. The highest BCUT2D eigenvalue weighted by atomic mass is 19.1. The van der Waals surface area contributed by atoms with E-state index in [9.17, 15) is 14.0 Å². The van der Waals surface area contributed by atoms with Crippen molar-refractivity contribution in [3.8, 4) is 5.75 Å². The summed E-state index contributed by atoms with van der Waals surface area (Å²) in [5, 5.41) is 2.80. The molecule has 1 heterocycles. The number of halogens is 1. The summed E-state index contributed by atoms with van der Waals surface area (Å²) in [6, 6.07) is 11.1. The molecule has 26 heavy (non-hydrogen) atoms. The van der Waals surface area contributed by atoms with Crippen molar-refractivity contribution >= 4 is 17.5 Å². The summed E-state index contributed by atoms with van der Waals surface area (Å²) < 4.78 is 18.3. The average Bonchev–Trinajstić information content (AvgIpc) is 3.09. The molecule has 3 rings (SSSR count). The van der Waals surface area contributed by atoms with Crippen molar-refractivity contribution < 1.29 is 18.7 Å². The van der Waals surface area contributed by atoms with Gasteiger partial charge in [-0.3, -0.25) is 9.59 Å². The standard InChI is InChI=1S/C20H21FN2O3/c1-2-19(24)23-11-9-14-13-15(3-8-18(14)23)20(25)22-10-12-26-17-6-4-16(21)5-7-17/h3-8,13H,2,9-12H2,1H3,(H,22,25). The first-order valence-electron chi connectivity index (χ1n) is 8.68. The maximum absolute atomic E-state index is 12.8. The molecule has 0 saturated heterocycles. The van der Waals surface area contributed by atoms with Crippen LogP contribution in [0.2, 0.25) is 0 Å². The SMILES string of the molecule is CCC(=O)N1CCc2cc(C(=O)NCCOc3ccc(F)cc3)ccc21. The first-order valence-corrected chi connectivity index (χ1v) is 8.68. The largest absolute Gasteiger partial charge is 0.492 e. The second kappa shape index (κ2) is 7.99. The van der Waals surface area contributed by atoms with Crippen LogP contribution in [0.15, 0.2) is 42.5 Å². The van der Waals surface area contributed by atoms with Gasteiger partial charge in [0.2, 0.25) is 5.91 Å². The first kappa shape index (κ1) is 17.9. The fourth-order valence-electron chi connectivity index (χ4n) is 2.96. The second-order valence-corrected chi connectivity index (χ2v) is 6.05. The number of benzene rings is 2. The Hall–Kier alpha value is -2.89. The Morgan fingerprint density at radius 3 is 2.69 bits per heavy atom. The van der Waals surface area contributed by atoms with Crippen LogP contribution in [0.5, 0.6) is 5.75 Å². The lowest BCUT2D eigenvalue weighted by molar-refractivity contribution is -0.118. The van der Waals surface area contributed by atoms with Crippen molar-refractivity contribution in [1.29, 1.82) is 0 Å². The number of rotatable bonds is 6. The maximum Gasteiger partial charge on any atom is 0.251 e. The Bertz CT molecular complexity index is 805. The average molecular weight is 356 g/mol. The van der Waals surface area contributed by atoms with E-state index in [2.05, 4.69) is 5.32 Å². The molecule has 0 aromatic heterocycles. The number of fused-ring (bicyclic) bond motifs is 1. The van der Waals surface area contributed by atoms with Crippen LogP contribution in [-0.2, 0) is 11.2 Å². The fraction of sp³-hybridized carbons (Fsp3) is 0.300. The summed E-state index contributed by atoms with van der Waals surface area (Å²) in [5.41, 5.74) is 2.48. The topological polar surface area (TPSA) is 58.6 Å². The Kier molecular flexibility index (Phi) is 5.51. The van der Waals surface area contributed by atoms with E-state index in [0.29, 0.717) is 37.4 Å². The molecule has 5 nitrogen and oxygen atoms in total. The van der Waals surface area contributed by atoms with Crippen LogP contribution in [0.1, 0.15) is 29.3 Å². The van der Waals surface area contributed by atoms with E-state index in [1.165, 1.54) is 12.1 Å². The summed E-state index contributed by atoms with van der Waals surface area (Å²) in [6.07, 6.45) is 1.23. The minimum atomic E-state index is -0.318. The molecule has 2 aromatic rings. The lowest BCUT2D eigenvalue weighted by Gasteiger charge is -2.16. The minimum absolute atomic E-state index is 0.0962. The van der Waals surface area contributed by atoms with Crippen molar-refractivity contribution in [1.82, 2.24) is 5.32 Å². The number of carbonyl (C=O) groups is 2. The normalized spacial score (nSPS) is 12.6. The molecule has 136 valence electrons. The number of hydrogen-bond acceptors (Lipinski definition) is 3. The number of ether oxygens (including phenoxy) is 1. The van der Waals surface area contributed by atoms with Gasteiger partial charge < -0.3 is 15.0 Å². The van der Waals surface area contributed by atoms with Gasteiger partial charge in [-0.1, -0.05) is 6.92 Å². The summed E-state index contributed by atoms with van der Waals surface area (Å²) in [7, 11) is 0. The number of nitrogens with zero attached hydrogens (tertiary/aromatic N) is 1. The van der Waals surface area contributed by atoms with Crippen molar-refractivity contribution in [2.75, 3.05) is 24.6 Å². The van der Waals surface area contributed by atoms with Crippen LogP contribution in [0, 0.1) is 5.82 Å². The molecule has 1 N–H and O–H groups in total. The smallest absolute Gasteiger partial charge is 0.251 e. The molecule has 0 aliphatic carbocycles. The third-order valence-corrected chi connectivity index (χ3v) is 4.31. The number of carbonyl (C=O) groups excluding carboxylic acids is 2. The van der Waals surface area contributed by atoms with Crippen molar-refractivity contribution in [2.24, 2.45) is 0 Å². The molecule has 0 spiro atoms. The van der Waals surface area contributed by atoms with E-state index in [1.807, 2.05) is 19.1 Å². The summed E-state index contributed by atoms with van der Waals surface area (Å²) in [6.45, 7) is 3.14. The van der Waals surface area contributed by atoms with Crippen LogP contribution in [-0.4, -0.2) is 31.5 Å². The highest BCUT2D eigenvalue weighted by Crippen LogP contribution is 2.29. The van der Waals surface area contributed by atoms with Crippen LogP contribution < -0.4 is 15.0 Å². The van der Waals surface area contributed by atoms with Gasteiger partial charge in [0, 0.05) is 24.2 Å². The Morgan fingerprint density at radius 1 is 1.19 bits per heavy atom. The van der Waals surface area contributed by atoms with Crippen LogP contribution in [0.3, 0.4) is 0 Å². The van der Waals surface area contributed by atoms with Gasteiger partial charge in [-0.05, 0) is 54.4 Å². The van der Waals surface area contributed by atoms with Crippen LogP contribution >= 0.6 is 0 Å².